The Balaban J connectivity index is 2.22. The Morgan fingerprint density at radius 2 is 2.00 bits per heavy atom. The second-order valence-electron chi connectivity index (χ2n) is 4.41. The van der Waals surface area contributed by atoms with Crippen LogP contribution in [0, 0.1) is 17.6 Å². The van der Waals surface area contributed by atoms with Crippen LogP contribution in [0.2, 0.25) is 0 Å². The van der Waals surface area contributed by atoms with Crippen LogP contribution in [0.3, 0.4) is 0 Å². The van der Waals surface area contributed by atoms with Crippen molar-refractivity contribution in [2.24, 2.45) is 5.92 Å². The van der Waals surface area contributed by atoms with Crippen LogP contribution >= 0.6 is 0 Å². The molecule has 0 amide bonds. The molecule has 0 saturated carbocycles. The molecule has 21 heavy (non-hydrogen) atoms. The minimum absolute atomic E-state index is 0.106. The third kappa shape index (κ3) is 3.28. The number of hydrogen-bond acceptors (Lipinski definition) is 4. The van der Waals surface area contributed by atoms with E-state index in [2.05, 4.69) is 0 Å². The highest BCUT2D eigenvalue weighted by Gasteiger charge is 2.36. The summed E-state index contributed by atoms with van der Waals surface area (Å²) in [6.07, 6.45) is 2.91. The summed E-state index contributed by atoms with van der Waals surface area (Å²) in [5.74, 6) is -5.41. The number of benzene rings is 1. The van der Waals surface area contributed by atoms with Gasteiger partial charge in [-0.1, -0.05) is 0 Å². The standard InChI is InChI=1S/C15H10F2O4/c1-8-6-13(19)14(15(20)21-8)12(18)5-2-9-7-10(16)3-4-11(9)17/h2-7,14H,1H3/b5-2-/t14-/m1/s1. The number of halogens is 2. The highest BCUT2D eigenvalue weighted by atomic mass is 19.1. The number of carbonyl (C=O) groups excluding carboxylic acids is 3. The molecule has 2 rings (SSSR count). The van der Waals surface area contributed by atoms with E-state index in [9.17, 15) is 23.2 Å². The third-order valence-corrected chi connectivity index (χ3v) is 2.80. The molecule has 6 heteroatoms. The molecule has 1 aliphatic heterocycles. The molecule has 0 aliphatic carbocycles. The van der Waals surface area contributed by atoms with Crippen LogP contribution < -0.4 is 0 Å². The smallest absolute Gasteiger partial charge is 0.329 e. The fraction of sp³-hybridized carbons (Fsp3) is 0.133. The zero-order valence-electron chi connectivity index (χ0n) is 10.9. The first-order chi connectivity index (χ1) is 9.88. The van der Waals surface area contributed by atoms with Gasteiger partial charge in [0.05, 0.1) is 0 Å². The first-order valence-corrected chi connectivity index (χ1v) is 5.99. The van der Waals surface area contributed by atoms with Gasteiger partial charge in [-0.05, 0) is 37.3 Å². The molecule has 0 N–H and O–H groups in total. The van der Waals surface area contributed by atoms with Crippen molar-refractivity contribution in [2.45, 2.75) is 6.92 Å². The Kier molecular flexibility index (Phi) is 4.07. The van der Waals surface area contributed by atoms with Crippen LogP contribution in [0.5, 0.6) is 0 Å². The molecule has 0 spiro atoms. The summed E-state index contributed by atoms with van der Waals surface area (Å²) in [4.78, 5) is 35.0. The number of allylic oxidation sites excluding steroid dienone is 3. The predicted molar refractivity (Wildman–Crippen MR) is 68.7 cm³/mol. The van der Waals surface area contributed by atoms with Gasteiger partial charge < -0.3 is 4.74 Å². The molecule has 0 aromatic heterocycles. The van der Waals surface area contributed by atoms with Gasteiger partial charge in [-0.25, -0.2) is 8.78 Å². The van der Waals surface area contributed by atoms with E-state index in [0.29, 0.717) is 0 Å². The van der Waals surface area contributed by atoms with Crippen LogP contribution in [0.25, 0.3) is 6.08 Å². The highest BCUT2D eigenvalue weighted by molar-refractivity contribution is 6.25. The molecule has 1 aliphatic rings. The first kappa shape index (κ1) is 14.8. The summed E-state index contributed by atoms with van der Waals surface area (Å²) in [5.41, 5.74) is -0.160. The number of hydrogen-bond donors (Lipinski definition) is 0. The maximum absolute atomic E-state index is 13.4. The molecule has 1 aromatic rings. The molecular formula is C15H10F2O4. The fourth-order valence-corrected chi connectivity index (χ4v) is 1.81. The lowest BCUT2D eigenvalue weighted by Crippen LogP contribution is -2.34. The summed E-state index contributed by atoms with van der Waals surface area (Å²) < 4.78 is 31.0. The molecule has 1 aromatic carbocycles. The maximum atomic E-state index is 13.4. The third-order valence-electron chi connectivity index (χ3n) is 2.80. The Morgan fingerprint density at radius 3 is 2.67 bits per heavy atom. The van der Waals surface area contributed by atoms with E-state index in [1.165, 1.54) is 6.92 Å². The minimum Gasteiger partial charge on any atom is -0.430 e. The summed E-state index contributed by atoms with van der Waals surface area (Å²) in [6.45, 7) is 1.41. The largest absolute Gasteiger partial charge is 0.430 e. The molecule has 108 valence electrons. The zero-order chi connectivity index (χ0) is 15.6. The van der Waals surface area contributed by atoms with E-state index >= 15 is 0 Å². The number of cyclic esters (lactones) is 1. The topological polar surface area (TPSA) is 60.4 Å². The maximum Gasteiger partial charge on any atom is 0.329 e. The van der Waals surface area contributed by atoms with Gasteiger partial charge in [0, 0.05) is 11.6 Å². The van der Waals surface area contributed by atoms with Crippen LogP contribution in [-0.2, 0) is 19.1 Å². The van der Waals surface area contributed by atoms with Gasteiger partial charge in [-0.15, -0.1) is 0 Å². The second-order valence-corrected chi connectivity index (χ2v) is 4.41. The van der Waals surface area contributed by atoms with Gasteiger partial charge >= 0.3 is 5.97 Å². The lowest BCUT2D eigenvalue weighted by molar-refractivity contribution is -0.151. The molecule has 1 heterocycles. The lowest BCUT2D eigenvalue weighted by atomic mass is 9.96. The van der Waals surface area contributed by atoms with Crippen molar-refractivity contribution < 1.29 is 27.9 Å². The Bertz CT molecular complexity index is 689. The van der Waals surface area contributed by atoms with Crippen molar-refractivity contribution in [2.75, 3.05) is 0 Å². The van der Waals surface area contributed by atoms with Gasteiger partial charge in [0.25, 0.3) is 0 Å². The van der Waals surface area contributed by atoms with Crippen molar-refractivity contribution in [1.82, 2.24) is 0 Å². The molecule has 0 bridgehead atoms. The number of carbonyl (C=O) groups is 3. The number of esters is 1. The Morgan fingerprint density at radius 1 is 1.29 bits per heavy atom. The summed E-state index contributed by atoms with van der Waals surface area (Å²) >= 11 is 0. The molecule has 0 radical (unpaired) electrons. The van der Waals surface area contributed by atoms with Gasteiger partial charge in [-0.2, -0.15) is 0 Å². The van der Waals surface area contributed by atoms with Crippen LogP contribution in [0.15, 0.2) is 36.1 Å². The van der Waals surface area contributed by atoms with Crippen molar-refractivity contribution in [3.8, 4) is 0 Å². The molecule has 0 saturated heterocycles. The summed E-state index contributed by atoms with van der Waals surface area (Å²) in [5, 5.41) is 0. The lowest BCUT2D eigenvalue weighted by Gasteiger charge is -2.15. The van der Waals surface area contributed by atoms with Crippen LogP contribution in [-0.4, -0.2) is 17.5 Å². The van der Waals surface area contributed by atoms with Gasteiger partial charge in [0.15, 0.2) is 17.5 Å². The second kappa shape index (κ2) is 5.78. The Labute approximate surface area is 118 Å². The predicted octanol–water partition coefficient (Wildman–Crippen LogP) is 2.19. The normalized spacial score (nSPS) is 18.6. The minimum atomic E-state index is -1.60. The summed E-state index contributed by atoms with van der Waals surface area (Å²) in [7, 11) is 0. The molecular weight excluding hydrogens is 282 g/mol. The van der Waals surface area contributed by atoms with Crippen molar-refractivity contribution >= 4 is 23.6 Å². The molecule has 0 unspecified atom stereocenters. The van der Waals surface area contributed by atoms with E-state index in [1.54, 1.807) is 0 Å². The Hall–Kier alpha value is -2.63. The molecule has 0 fully saturated rings. The molecule has 1 atom stereocenters. The van der Waals surface area contributed by atoms with E-state index < -0.39 is 35.1 Å². The van der Waals surface area contributed by atoms with Crippen LogP contribution in [0.1, 0.15) is 12.5 Å². The van der Waals surface area contributed by atoms with E-state index in [-0.39, 0.29) is 11.3 Å². The average Bonchev–Trinajstić information content (AvgIpc) is 2.38. The van der Waals surface area contributed by atoms with Crippen molar-refractivity contribution in [3.63, 3.8) is 0 Å². The SMILES string of the molecule is CC1=CC(=O)[C@@H](C(=O)/C=C\c2cc(F)ccc2F)C(=O)O1. The van der Waals surface area contributed by atoms with Crippen LogP contribution in [0.4, 0.5) is 8.78 Å². The number of ketones is 2. The highest BCUT2D eigenvalue weighted by Crippen LogP contribution is 2.17. The van der Waals surface area contributed by atoms with Crippen molar-refractivity contribution in [1.29, 1.82) is 0 Å². The monoisotopic (exact) mass is 292 g/mol. The average molecular weight is 292 g/mol. The van der Waals surface area contributed by atoms with E-state index in [4.69, 9.17) is 4.74 Å². The first-order valence-electron chi connectivity index (χ1n) is 5.99. The van der Waals surface area contributed by atoms with E-state index in [0.717, 1.165) is 36.4 Å². The van der Waals surface area contributed by atoms with Crippen molar-refractivity contribution in [3.05, 3.63) is 53.3 Å². The van der Waals surface area contributed by atoms with Gasteiger partial charge in [0.1, 0.15) is 17.4 Å². The van der Waals surface area contributed by atoms with Gasteiger partial charge in [-0.3, -0.25) is 14.4 Å². The van der Waals surface area contributed by atoms with Gasteiger partial charge in [0.2, 0.25) is 0 Å². The number of ether oxygens (including phenoxy) is 1. The quantitative estimate of drug-likeness (QED) is 0.487. The molecule has 4 nitrogen and oxygen atoms in total. The fourth-order valence-electron chi connectivity index (χ4n) is 1.81. The zero-order valence-corrected chi connectivity index (χ0v) is 10.9. The summed E-state index contributed by atoms with van der Waals surface area (Å²) in [6, 6.07) is 2.74. The number of rotatable bonds is 3. The van der Waals surface area contributed by atoms with E-state index in [1.807, 2.05) is 0 Å².